The molecule has 1 saturated heterocycles. The van der Waals surface area contributed by atoms with Gasteiger partial charge >= 0.3 is 11.9 Å². The highest BCUT2D eigenvalue weighted by atomic mass is 16.6. The van der Waals surface area contributed by atoms with E-state index in [1.54, 1.807) is 6.08 Å². The van der Waals surface area contributed by atoms with Gasteiger partial charge in [0.2, 0.25) is 11.7 Å². The van der Waals surface area contributed by atoms with Crippen LogP contribution in [0.2, 0.25) is 0 Å². The van der Waals surface area contributed by atoms with Crippen molar-refractivity contribution in [1.82, 2.24) is 4.90 Å². The Labute approximate surface area is 116 Å². The molecule has 20 heavy (non-hydrogen) atoms. The van der Waals surface area contributed by atoms with Gasteiger partial charge in [0.25, 0.3) is 0 Å². The van der Waals surface area contributed by atoms with Crippen LogP contribution in [-0.2, 0) is 28.6 Å². The number of ether oxygens (including phenoxy) is 3. The molecule has 0 aromatic carbocycles. The second-order valence-corrected chi connectivity index (χ2v) is 4.77. The number of hydrogen-bond acceptors (Lipinski definition) is 6. The number of allylic oxidation sites excluding steroid dienone is 1. The molecule has 0 unspecified atom stereocenters. The number of rotatable bonds is 2. The van der Waals surface area contributed by atoms with Gasteiger partial charge in [0.15, 0.2) is 6.23 Å². The van der Waals surface area contributed by atoms with E-state index in [-0.39, 0.29) is 17.6 Å². The van der Waals surface area contributed by atoms with Crippen molar-refractivity contribution in [3.8, 4) is 0 Å². The summed E-state index contributed by atoms with van der Waals surface area (Å²) in [5, 5.41) is 0. The number of carbonyl (C=O) groups is 3. The molecule has 2 aliphatic rings. The van der Waals surface area contributed by atoms with Crippen LogP contribution in [0.1, 0.15) is 19.8 Å². The first-order valence-corrected chi connectivity index (χ1v) is 6.31. The van der Waals surface area contributed by atoms with Gasteiger partial charge in [-0.1, -0.05) is 0 Å². The molecule has 1 amide bonds. The van der Waals surface area contributed by atoms with Crippen LogP contribution >= 0.6 is 0 Å². The van der Waals surface area contributed by atoms with Gasteiger partial charge < -0.3 is 14.2 Å². The Morgan fingerprint density at radius 3 is 2.55 bits per heavy atom. The highest BCUT2D eigenvalue weighted by Gasteiger charge is 2.49. The fourth-order valence-corrected chi connectivity index (χ4v) is 2.70. The lowest BCUT2D eigenvalue weighted by Gasteiger charge is -2.32. The van der Waals surface area contributed by atoms with E-state index in [9.17, 15) is 14.4 Å². The number of amides is 1. The monoisotopic (exact) mass is 283 g/mol. The van der Waals surface area contributed by atoms with Crippen molar-refractivity contribution in [3.05, 3.63) is 11.8 Å². The number of esters is 2. The van der Waals surface area contributed by atoms with Crippen LogP contribution in [0.25, 0.3) is 0 Å². The van der Waals surface area contributed by atoms with Gasteiger partial charge in [-0.25, -0.2) is 9.59 Å². The average Bonchev–Trinajstić information content (AvgIpc) is 2.83. The lowest BCUT2D eigenvalue weighted by molar-refractivity contribution is -0.160. The summed E-state index contributed by atoms with van der Waals surface area (Å²) in [4.78, 5) is 36.4. The molecule has 0 spiro atoms. The van der Waals surface area contributed by atoms with E-state index < -0.39 is 24.2 Å². The van der Waals surface area contributed by atoms with E-state index in [2.05, 4.69) is 4.74 Å². The zero-order chi connectivity index (χ0) is 14.9. The molecule has 0 bridgehead atoms. The standard InChI is InChI=1S/C13H17NO6/c1-7(15)14-9(12(16)18-2)6-8-4-5-10(13(17)19-3)20-11(8)14/h5,8-9,11H,4,6H2,1-3H3/t8-,9-,11-/m0/s1. The first kappa shape index (κ1) is 14.4. The Morgan fingerprint density at radius 2 is 2.00 bits per heavy atom. The van der Waals surface area contributed by atoms with E-state index in [0.717, 1.165) is 0 Å². The Kier molecular flexibility index (Phi) is 3.96. The molecule has 7 heteroatoms. The molecular weight excluding hydrogens is 266 g/mol. The summed E-state index contributed by atoms with van der Waals surface area (Å²) in [6.07, 6.45) is 2.01. The van der Waals surface area contributed by atoms with E-state index in [1.165, 1.54) is 26.0 Å². The third-order valence-electron chi connectivity index (χ3n) is 3.62. The predicted molar refractivity (Wildman–Crippen MR) is 66.0 cm³/mol. The fraction of sp³-hybridized carbons (Fsp3) is 0.615. The number of likely N-dealkylation sites (tertiary alicyclic amines) is 1. The molecule has 0 aromatic rings. The molecule has 3 atom stereocenters. The molecule has 2 aliphatic heterocycles. The molecule has 0 radical (unpaired) electrons. The van der Waals surface area contributed by atoms with Gasteiger partial charge in [-0.3, -0.25) is 9.69 Å². The predicted octanol–water partition coefficient (Wildman–Crippen LogP) is 0.200. The summed E-state index contributed by atoms with van der Waals surface area (Å²) >= 11 is 0. The zero-order valence-corrected chi connectivity index (χ0v) is 11.6. The Hall–Kier alpha value is -2.05. The van der Waals surface area contributed by atoms with Crippen molar-refractivity contribution in [2.75, 3.05) is 14.2 Å². The van der Waals surface area contributed by atoms with E-state index in [0.29, 0.717) is 12.8 Å². The average molecular weight is 283 g/mol. The summed E-state index contributed by atoms with van der Waals surface area (Å²) in [6, 6.07) is -0.669. The van der Waals surface area contributed by atoms with E-state index >= 15 is 0 Å². The first-order chi connectivity index (χ1) is 9.49. The third-order valence-corrected chi connectivity index (χ3v) is 3.62. The first-order valence-electron chi connectivity index (χ1n) is 6.31. The van der Waals surface area contributed by atoms with Crippen molar-refractivity contribution in [2.45, 2.75) is 32.0 Å². The zero-order valence-electron chi connectivity index (χ0n) is 11.6. The molecule has 7 nitrogen and oxygen atoms in total. The van der Waals surface area contributed by atoms with Crippen LogP contribution in [0.3, 0.4) is 0 Å². The summed E-state index contributed by atoms with van der Waals surface area (Å²) in [5.41, 5.74) is 0. The van der Waals surface area contributed by atoms with Crippen LogP contribution in [0.15, 0.2) is 11.8 Å². The summed E-state index contributed by atoms with van der Waals surface area (Å²) in [7, 11) is 2.54. The molecule has 110 valence electrons. The van der Waals surface area contributed by atoms with Crippen LogP contribution in [0.4, 0.5) is 0 Å². The number of fused-ring (bicyclic) bond motifs is 1. The lowest BCUT2D eigenvalue weighted by atomic mass is 9.98. The van der Waals surface area contributed by atoms with Gasteiger partial charge in [-0.2, -0.15) is 0 Å². The lowest BCUT2D eigenvalue weighted by Crippen LogP contribution is -2.46. The Morgan fingerprint density at radius 1 is 1.30 bits per heavy atom. The van der Waals surface area contributed by atoms with Gasteiger partial charge in [-0.15, -0.1) is 0 Å². The maximum atomic E-state index is 11.8. The van der Waals surface area contributed by atoms with Crippen molar-refractivity contribution in [3.63, 3.8) is 0 Å². The minimum Gasteiger partial charge on any atom is -0.467 e. The van der Waals surface area contributed by atoms with Gasteiger partial charge in [0.05, 0.1) is 14.2 Å². The normalized spacial score (nSPS) is 28.1. The van der Waals surface area contributed by atoms with Gasteiger partial charge in [0.1, 0.15) is 6.04 Å². The van der Waals surface area contributed by atoms with Crippen molar-refractivity contribution >= 4 is 17.8 Å². The molecule has 0 N–H and O–H groups in total. The Bertz CT molecular complexity index is 471. The fourth-order valence-electron chi connectivity index (χ4n) is 2.70. The summed E-state index contributed by atoms with van der Waals surface area (Å²) < 4.78 is 14.9. The molecular formula is C13H17NO6. The number of methoxy groups -OCH3 is 2. The topological polar surface area (TPSA) is 82.1 Å². The van der Waals surface area contributed by atoms with E-state index in [4.69, 9.17) is 9.47 Å². The van der Waals surface area contributed by atoms with Crippen LogP contribution in [0, 0.1) is 5.92 Å². The molecule has 0 aromatic heterocycles. The Balaban J connectivity index is 2.22. The molecule has 0 saturated carbocycles. The number of carbonyl (C=O) groups excluding carboxylic acids is 3. The molecule has 2 heterocycles. The highest BCUT2D eigenvalue weighted by molar-refractivity contribution is 5.87. The van der Waals surface area contributed by atoms with Crippen LogP contribution < -0.4 is 0 Å². The molecule has 2 rings (SSSR count). The van der Waals surface area contributed by atoms with Crippen molar-refractivity contribution < 1.29 is 28.6 Å². The quantitative estimate of drug-likeness (QED) is 0.673. The van der Waals surface area contributed by atoms with E-state index in [1.807, 2.05) is 0 Å². The minimum atomic E-state index is -0.669. The largest absolute Gasteiger partial charge is 0.467 e. The third kappa shape index (κ3) is 2.35. The number of hydrogen-bond donors (Lipinski definition) is 0. The van der Waals surface area contributed by atoms with Gasteiger partial charge in [-0.05, 0) is 18.9 Å². The van der Waals surface area contributed by atoms with Crippen molar-refractivity contribution in [1.29, 1.82) is 0 Å². The molecule has 1 fully saturated rings. The minimum absolute atomic E-state index is 0.0311. The maximum absolute atomic E-state index is 11.8. The second kappa shape index (κ2) is 5.52. The van der Waals surface area contributed by atoms with Crippen LogP contribution in [0.5, 0.6) is 0 Å². The summed E-state index contributed by atoms with van der Waals surface area (Å²) in [5.74, 6) is -1.31. The van der Waals surface area contributed by atoms with Gasteiger partial charge in [0, 0.05) is 12.8 Å². The second-order valence-electron chi connectivity index (χ2n) is 4.77. The molecule has 0 aliphatic carbocycles. The highest BCUT2D eigenvalue weighted by Crippen LogP contribution is 2.38. The van der Waals surface area contributed by atoms with Crippen LogP contribution in [-0.4, -0.2) is 49.2 Å². The van der Waals surface area contributed by atoms with Crippen molar-refractivity contribution in [2.24, 2.45) is 5.92 Å². The smallest absolute Gasteiger partial charge is 0.373 e. The maximum Gasteiger partial charge on any atom is 0.373 e. The summed E-state index contributed by atoms with van der Waals surface area (Å²) in [6.45, 7) is 1.36. The number of nitrogens with zero attached hydrogens (tertiary/aromatic N) is 1. The SMILES string of the molecule is COC(=O)C1=CC[C@H]2C[C@@H](C(=O)OC)N(C(C)=O)[C@H]2O1.